The molecular formula is C19H20FN3O. The van der Waals surface area contributed by atoms with Gasteiger partial charge in [-0.25, -0.2) is 9.37 Å². The molecule has 0 aliphatic carbocycles. The minimum absolute atomic E-state index is 0.0670. The molecule has 0 aliphatic rings. The lowest BCUT2D eigenvalue weighted by Crippen LogP contribution is -2.25. The Morgan fingerprint density at radius 3 is 2.54 bits per heavy atom. The average Bonchev–Trinajstić information content (AvgIpc) is 2.60. The number of nitrogens with zero attached hydrogens (tertiary/aromatic N) is 3. The molecule has 0 unspecified atom stereocenters. The van der Waals surface area contributed by atoms with Crippen molar-refractivity contribution in [3.8, 4) is 0 Å². The molecule has 0 saturated heterocycles. The summed E-state index contributed by atoms with van der Waals surface area (Å²) in [7, 11) is 0. The van der Waals surface area contributed by atoms with Gasteiger partial charge in [0.2, 0.25) is 0 Å². The van der Waals surface area contributed by atoms with E-state index >= 15 is 0 Å². The fourth-order valence-corrected chi connectivity index (χ4v) is 2.86. The highest BCUT2D eigenvalue weighted by atomic mass is 19.1. The summed E-state index contributed by atoms with van der Waals surface area (Å²) >= 11 is 0. The highest BCUT2D eigenvalue weighted by Gasteiger charge is 2.10. The monoisotopic (exact) mass is 325 g/mol. The number of pyridine rings is 1. The van der Waals surface area contributed by atoms with Crippen LogP contribution in [0.2, 0.25) is 0 Å². The van der Waals surface area contributed by atoms with Crippen molar-refractivity contribution in [3.05, 3.63) is 76.1 Å². The average molecular weight is 325 g/mol. The lowest BCUT2D eigenvalue weighted by molar-refractivity contribution is 0.627. The summed E-state index contributed by atoms with van der Waals surface area (Å²) in [5.41, 5.74) is 3.15. The van der Waals surface area contributed by atoms with Gasteiger partial charge in [-0.1, -0.05) is 13.0 Å². The topological polar surface area (TPSA) is 37.6 Å². The standard InChI is InChI=1S/C19H20FN3O/c1-3-16-6-5-7-18-21-15(12-19(24)23(16)18)13-22(4-2)17-10-8-14(20)9-11-17/h5-12H,3-4,13H2,1-2H3. The van der Waals surface area contributed by atoms with Gasteiger partial charge in [0.05, 0.1) is 12.2 Å². The molecule has 3 rings (SSSR count). The van der Waals surface area contributed by atoms with Gasteiger partial charge in [-0.15, -0.1) is 0 Å². The minimum Gasteiger partial charge on any atom is -0.366 e. The molecule has 24 heavy (non-hydrogen) atoms. The zero-order valence-corrected chi connectivity index (χ0v) is 13.9. The number of rotatable bonds is 5. The van der Waals surface area contributed by atoms with Gasteiger partial charge < -0.3 is 4.90 Å². The highest BCUT2D eigenvalue weighted by molar-refractivity contribution is 5.47. The Hall–Kier alpha value is -2.69. The second-order valence-corrected chi connectivity index (χ2v) is 5.64. The van der Waals surface area contributed by atoms with Gasteiger partial charge in [0, 0.05) is 24.0 Å². The molecule has 0 spiro atoms. The Morgan fingerprint density at radius 1 is 1.12 bits per heavy atom. The molecule has 4 nitrogen and oxygen atoms in total. The van der Waals surface area contributed by atoms with E-state index in [2.05, 4.69) is 9.88 Å². The summed E-state index contributed by atoms with van der Waals surface area (Å²) < 4.78 is 14.8. The number of hydrogen-bond donors (Lipinski definition) is 0. The normalized spacial score (nSPS) is 11.0. The molecule has 5 heteroatoms. The Balaban J connectivity index is 1.97. The SMILES string of the molecule is CCc1cccc2nc(CN(CC)c3ccc(F)cc3)cc(=O)n12. The predicted molar refractivity (Wildman–Crippen MR) is 94.0 cm³/mol. The quantitative estimate of drug-likeness (QED) is 0.721. The highest BCUT2D eigenvalue weighted by Crippen LogP contribution is 2.17. The predicted octanol–water partition coefficient (Wildman–Crippen LogP) is 3.42. The number of fused-ring (bicyclic) bond motifs is 1. The molecule has 0 aliphatic heterocycles. The fraction of sp³-hybridized carbons (Fsp3) is 0.263. The molecule has 0 radical (unpaired) electrons. The minimum atomic E-state index is -0.260. The summed E-state index contributed by atoms with van der Waals surface area (Å²) in [6.07, 6.45) is 0.773. The summed E-state index contributed by atoms with van der Waals surface area (Å²) in [4.78, 5) is 19.2. The molecule has 124 valence electrons. The molecule has 0 bridgehead atoms. The number of aryl methyl sites for hydroxylation is 1. The summed E-state index contributed by atoms with van der Waals surface area (Å²) in [6, 6.07) is 13.6. The maximum atomic E-state index is 13.1. The molecular weight excluding hydrogens is 305 g/mol. The van der Waals surface area contributed by atoms with E-state index in [1.165, 1.54) is 12.1 Å². The van der Waals surface area contributed by atoms with E-state index < -0.39 is 0 Å². The van der Waals surface area contributed by atoms with Crippen molar-refractivity contribution < 1.29 is 4.39 Å². The Morgan fingerprint density at radius 2 is 1.88 bits per heavy atom. The third kappa shape index (κ3) is 3.15. The molecule has 0 fully saturated rings. The lowest BCUT2D eigenvalue weighted by Gasteiger charge is -2.23. The Kier molecular flexibility index (Phi) is 4.60. The number of aromatic nitrogens is 2. The number of halogens is 1. The van der Waals surface area contributed by atoms with E-state index in [0.717, 1.165) is 24.3 Å². The third-order valence-electron chi connectivity index (χ3n) is 4.11. The van der Waals surface area contributed by atoms with Crippen LogP contribution in [0.25, 0.3) is 5.65 Å². The second-order valence-electron chi connectivity index (χ2n) is 5.64. The van der Waals surface area contributed by atoms with Crippen LogP contribution in [0.5, 0.6) is 0 Å². The molecule has 0 saturated carbocycles. The zero-order chi connectivity index (χ0) is 17.1. The first-order chi connectivity index (χ1) is 11.6. The van der Waals surface area contributed by atoms with Crippen LogP contribution in [0.3, 0.4) is 0 Å². The van der Waals surface area contributed by atoms with E-state index in [0.29, 0.717) is 17.9 Å². The second kappa shape index (κ2) is 6.83. The van der Waals surface area contributed by atoms with Crippen LogP contribution in [0.4, 0.5) is 10.1 Å². The van der Waals surface area contributed by atoms with Crippen LogP contribution in [0.15, 0.2) is 53.3 Å². The van der Waals surface area contributed by atoms with Gasteiger partial charge in [-0.3, -0.25) is 9.20 Å². The number of hydrogen-bond acceptors (Lipinski definition) is 3. The summed E-state index contributed by atoms with van der Waals surface area (Å²) in [5, 5.41) is 0. The number of benzene rings is 1. The maximum Gasteiger partial charge on any atom is 0.258 e. The maximum absolute atomic E-state index is 13.1. The van der Waals surface area contributed by atoms with Gasteiger partial charge >= 0.3 is 0 Å². The van der Waals surface area contributed by atoms with Crippen LogP contribution in [-0.4, -0.2) is 15.9 Å². The Labute approximate surface area is 140 Å². The Bertz CT molecular complexity index is 903. The largest absolute Gasteiger partial charge is 0.366 e. The molecule has 2 heterocycles. The van der Waals surface area contributed by atoms with E-state index in [1.807, 2.05) is 32.0 Å². The van der Waals surface area contributed by atoms with Crippen molar-refractivity contribution in [1.29, 1.82) is 0 Å². The van der Waals surface area contributed by atoms with Crippen molar-refractivity contribution >= 4 is 11.3 Å². The van der Waals surface area contributed by atoms with Crippen molar-refractivity contribution in [2.75, 3.05) is 11.4 Å². The third-order valence-corrected chi connectivity index (χ3v) is 4.11. The first-order valence-corrected chi connectivity index (χ1v) is 8.13. The van der Waals surface area contributed by atoms with E-state index in [9.17, 15) is 9.18 Å². The van der Waals surface area contributed by atoms with E-state index in [4.69, 9.17) is 0 Å². The van der Waals surface area contributed by atoms with Gasteiger partial charge in [0.1, 0.15) is 11.5 Å². The van der Waals surface area contributed by atoms with Crippen LogP contribution >= 0.6 is 0 Å². The van der Waals surface area contributed by atoms with Crippen LogP contribution < -0.4 is 10.5 Å². The van der Waals surface area contributed by atoms with Gasteiger partial charge in [-0.2, -0.15) is 0 Å². The molecule has 2 aromatic heterocycles. The fourth-order valence-electron chi connectivity index (χ4n) is 2.86. The van der Waals surface area contributed by atoms with Crippen molar-refractivity contribution in [1.82, 2.24) is 9.38 Å². The van der Waals surface area contributed by atoms with E-state index in [1.54, 1.807) is 22.6 Å². The lowest BCUT2D eigenvalue weighted by atomic mass is 10.2. The van der Waals surface area contributed by atoms with Crippen LogP contribution in [0.1, 0.15) is 25.2 Å². The molecule has 3 aromatic rings. The first kappa shape index (κ1) is 16.2. The van der Waals surface area contributed by atoms with Crippen LogP contribution in [-0.2, 0) is 13.0 Å². The summed E-state index contributed by atoms with van der Waals surface area (Å²) in [5.74, 6) is -0.260. The zero-order valence-electron chi connectivity index (χ0n) is 13.9. The molecule has 1 aromatic carbocycles. The van der Waals surface area contributed by atoms with Gasteiger partial charge in [0.25, 0.3) is 5.56 Å². The van der Waals surface area contributed by atoms with E-state index in [-0.39, 0.29) is 11.4 Å². The summed E-state index contributed by atoms with van der Waals surface area (Å²) in [6.45, 7) is 5.28. The number of anilines is 1. The molecule has 0 atom stereocenters. The van der Waals surface area contributed by atoms with Gasteiger partial charge in [-0.05, 0) is 49.7 Å². The van der Waals surface area contributed by atoms with Crippen molar-refractivity contribution in [2.45, 2.75) is 26.8 Å². The molecule has 0 N–H and O–H groups in total. The van der Waals surface area contributed by atoms with Crippen molar-refractivity contribution in [2.24, 2.45) is 0 Å². The first-order valence-electron chi connectivity index (χ1n) is 8.13. The van der Waals surface area contributed by atoms with Crippen LogP contribution in [0, 0.1) is 5.82 Å². The van der Waals surface area contributed by atoms with Crippen molar-refractivity contribution in [3.63, 3.8) is 0 Å². The molecule has 0 amide bonds. The van der Waals surface area contributed by atoms with Gasteiger partial charge in [0.15, 0.2) is 0 Å². The smallest absolute Gasteiger partial charge is 0.258 e.